The number of carbonyl (C=O) groups is 1. The summed E-state index contributed by atoms with van der Waals surface area (Å²) in [6, 6.07) is 5.48. The second-order valence-electron chi connectivity index (χ2n) is 3.53. The van der Waals surface area contributed by atoms with Crippen LogP contribution < -0.4 is 10.5 Å². The number of rotatable bonds is 3. The van der Waals surface area contributed by atoms with Crippen molar-refractivity contribution in [1.82, 2.24) is 10.2 Å². The fourth-order valence-electron chi connectivity index (χ4n) is 1.62. The average Bonchev–Trinajstić information content (AvgIpc) is 2.38. The first-order valence-electron chi connectivity index (χ1n) is 5.08. The van der Waals surface area contributed by atoms with Gasteiger partial charge in [0.25, 0.3) is 5.91 Å². The largest absolute Gasteiger partial charge is 0.496 e. The molecule has 1 heterocycles. The molecule has 6 heteroatoms. The van der Waals surface area contributed by atoms with Gasteiger partial charge >= 0.3 is 0 Å². The Bertz CT molecular complexity index is 602. The Hall–Kier alpha value is -1.95. The molecule has 0 saturated heterocycles. The molecule has 0 saturated carbocycles. The Kier molecular flexibility index (Phi) is 3.57. The molecule has 0 unspecified atom stereocenters. The van der Waals surface area contributed by atoms with Crippen molar-refractivity contribution in [2.24, 2.45) is 5.73 Å². The zero-order valence-electron chi connectivity index (χ0n) is 9.55. The third-order valence-corrected chi connectivity index (χ3v) is 2.94. The second kappa shape index (κ2) is 5.14. The SMILES string of the molecule is COc1ccc(Br)cc1-c1cnncc1C(N)=O. The topological polar surface area (TPSA) is 78.1 Å². The van der Waals surface area contributed by atoms with Gasteiger partial charge in [-0.05, 0) is 18.2 Å². The smallest absolute Gasteiger partial charge is 0.251 e. The number of hydrogen-bond acceptors (Lipinski definition) is 4. The lowest BCUT2D eigenvalue weighted by atomic mass is 10.0. The van der Waals surface area contributed by atoms with Gasteiger partial charge in [0, 0.05) is 15.6 Å². The molecule has 0 radical (unpaired) electrons. The molecule has 1 aromatic carbocycles. The predicted octanol–water partition coefficient (Wildman–Crippen LogP) is 2.01. The van der Waals surface area contributed by atoms with Crippen LogP contribution in [-0.2, 0) is 0 Å². The molecular formula is C12H10BrN3O2. The maximum absolute atomic E-state index is 11.4. The molecule has 0 aliphatic heterocycles. The minimum absolute atomic E-state index is 0.307. The lowest BCUT2D eigenvalue weighted by Crippen LogP contribution is -2.13. The molecule has 2 N–H and O–H groups in total. The fraction of sp³-hybridized carbons (Fsp3) is 0.0833. The van der Waals surface area contributed by atoms with E-state index in [4.69, 9.17) is 10.5 Å². The maximum Gasteiger partial charge on any atom is 0.251 e. The maximum atomic E-state index is 11.4. The van der Waals surface area contributed by atoms with Gasteiger partial charge in [-0.3, -0.25) is 4.79 Å². The van der Waals surface area contributed by atoms with Crippen molar-refractivity contribution in [1.29, 1.82) is 0 Å². The molecular weight excluding hydrogens is 298 g/mol. The van der Waals surface area contributed by atoms with Gasteiger partial charge in [0.05, 0.1) is 25.1 Å². The molecule has 92 valence electrons. The number of primary amides is 1. The van der Waals surface area contributed by atoms with E-state index in [9.17, 15) is 4.79 Å². The van der Waals surface area contributed by atoms with E-state index in [1.165, 1.54) is 12.4 Å². The van der Waals surface area contributed by atoms with Gasteiger partial charge in [0.15, 0.2) is 0 Å². The fourth-order valence-corrected chi connectivity index (χ4v) is 1.98. The summed E-state index contributed by atoms with van der Waals surface area (Å²) in [5.41, 5.74) is 6.95. The first-order chi connectivity index (χ1) is 8.63. The van der Waals surface area contributed by atoms with Gasteiger partial charge in [0.1, 0.15) is 5.75 Å². The number of nitrogens with zero attached hydrogens (tertiary/aromatic N) is 2. The molecule has 2 aromatic rings. The lowest BCUT2D eigenvalue weighted by molar-refractivity contribution is 0.100. The highest BCUT2D eigenvalue weighted by atomic mass is 79.9. The Balaban J connectivity index is 2.68. The summed E-state index contributed by atoms with van der Waals surface area (Å²) in [6.45, 7) is 0. The van der Waals surface area contributed by atoms with E-state index >= 15 is 0 Å². The van der Waals surface area contributed by atoms with Crippen LogP contribution in [0.3, 0.4) is 0 Å². The Morgan fingerprint density at radius 1 is 1.28 bits per heavy atom. The number of benzene rings is 1. The van der Waals surface area contributed by atoms with E-state index in [0.29, 0.717) is 16.9 Å². The van der Waals surface area contributed by atoms with Crippen LogP contribution in [0.25, 0.3) is 11.1 Å². The summed E-state index contributed by atoms with van der Waals surface area (Å²) >= 11 is 3.38. The van der Waals surface area contributed by atoms with Crippen molar-refractivity contribution in [2.45, 2.75) is 0 Å². The highest BCUT2D eigenvalue weighted by Crippen LogP contribution is 2.33. The molecule has 0 bridgehead atoms. The van der Waals surface area contributed by atoms with Crippen LogP contribution in [0.5, 0.6) is 5.75 Å². The van der Waals surface area contributed by atoms with Crippen molar-refractivity contribution < 1.29 is 9.53 Å². The molecule has 1 amide bonds. The zero-order chi connectivity index (χ0) is 13.1. The summed E-state index contributed by atoms with van der Waals surface area (Å²) < 4.78 is 6.13. The number of nitrogens with two attached hydrogens (primary N) is 1. The van der Waals surface area contributed by atoms with Crippen molar-refractivity contribution in [3.63, 3.8) is 0 Å². The zero-order valence-corrected chi connectivity index (χ0v) is 11.1. The van der Waals surface area contributed by atoms with Crippen molar-refractivity contribution in [3.8, 4) is 16.9 Å². The Morgan fingerprint density at radius 3 is 2.67 bits per heavy atom. The standard InChI is InChI=1S/C12H10BrN3O2/c1-18-11-3-2-7(13)4-8(11)9-5-15-16-6-10(9)12(14)17/h2-6H,1H3,(H2,14,17). The molecule has 1 aromatic heterocycles. The van der Waals surface area contributed by atoms with Gasteiger partial charge in [0.2, 0.25) is 0 Å². The molecule has 0 fully saturated rings. The minimum atomic E-state index is -0.554. The van der Waals surface area contributed by atoms with E-state index in [1.54, 1.807) is 13.2 Å². The van der Waals surface area contributed by atoms with Gasteiger partial charge in [-0.1, -0.05) is 15.9 Å². The molecule has 0 aliphatic carbocycles. The number of hydrogen-bond donors (Lipinski definition) is 1. The summed E-state index contributed by atoms with van der Waals surface area (Å²) in [5, 5.41) is 7.45. The number of aromatic nitrogens is 2. The van der Waals surface area contributed by atoms with Crippen LogP contribution in [-0.4, -0.2) is 23.2 Å². The highest BCUT2D eigenvalue weighted by Gasteiger charge is 2.14. The predicted molar refractivity (Wildman–Crippen MR) is 70.2 cm³/mol. The van der Waals surface area contributed by atoms with E-state index in [0.717, 1.165) is 10.0 Å². The third kappa shape index (κ3) is 2.33. The van der Waals surface area contributed by atoms with Gasteiger partial charge < -0.3 is 10.5 Å². The van der Waals surface area contributed by atoms with Crippen LogP contribution in [0.1, 0.15) is 10.4 Å². The van der Waals surface area contributed by atoms with Crippen LogP contribution in [0.2, 0.25) is 0 Å². The van der Waals surface area contributed by atoms with E-state index in [-0.39, 0.29) is 0 Å². The first kappa shape index (κ1) is 12.5. The molecule has 0 aliphatic rings. The molecule has 0 atom stereocenters. The van der Waals surface area contributed by atoms with Gasteiger partial charge in [-0.25, -0.2) is 0 Å². The van der Waals surface area contributed by atoms with Crippen molar-refractivity contribution in [3.05, 3.63) is 40.6 Å². The first-order valence-corrected chi connectivity index (χ1v) is 5.87. The lowest BCUT2D eigenvalue weighted by Gasteiger charge is -2.10. The summed E-state index contributed by atoms with van der Waals surface area (Å²) in [4.78, 5) is 11.4. The number of carbonyl (C=O) groups excluding carboxylic acids is 1. The Morgan fingerprint density at radius 2 is 2.00 bits per heavy atom. The normalized spacial score (nSPS) is 10.1. The monoisotopic (exact) mass is 307 g/mol. The Labute approximate surface area is 112 Å². The molecule has 2 rings (SSSR count). The quantitative estimate of drug-likeness (QED) is 0.941. The minimum Gasteiger partial charge on any atom is -0.496 e. The molecule has 5 nitrogen and oxygen atoms in total. The van der Waals surface area contributed by atoms with Crippen LogP contribution >= 0.6 is 15.9 Å². The van der Waals surface area contributed by atoms with Gasteiger partial charge in [-0.15, -0.1) is 0 Å². The number of halogens is 1. The van der Waals surface area contributed by atoms with E-state index in [2.05, 4.69) is 26.1 Å². The third-order valence-electron chi connectivity index (χ3n) is 2.45. The summed E-state index contributed by atoms with van der Waals surface area (Å²) in [5.74, 6) is 0.0793. The summed E-state index contributed by atoms with van der Waals surface area (Å²) in [6.07, 6.45) is 2.84. The van der Waals surface area contributed by atoms with Crippen molar-refractivity contribution >= 4 is 21.8 Å². The van der Waals surface area contributed by atoms with E-state index in [1.807, 2.05) is 12.1 Å². The molecule has 18 heavy (non-hydrogen) atoms. The molecule has 0 spiro atoms. The van der Waals surface area contributed by atoms with Crippen LogP contribution in [0, 0.1) is 0 Å². The summed E-state index contributed by atoms with van der Waals surface area (Å²) in [7, 11) is 1.56. The van der Waals surface area contributed by atoms with Crippen molar-refractivity contribution in [2.75, 3.05) is 7.11 Å². The number of ether oxygens (including phenoxy) is 1. The number of methoxy groups -OCH3 is 1. The average molecular weight is 308 g/mol. The number of amides is 1. The van der Waals surface area contributed by atoms with Crippen LogP contribution in [0.4, 0.5) is 0 Å². The van der Waals surface area contributed by atoms with Crippen LogP contribution in [0.15, 0.2) is 35.1 Å². The second-order valence-corrected chi connectivity index (χ2v) is 4.44. The van der Waals surface area contributed by atoms with E-state index < -0.39 is 5.91 Å². The van der Waals surface area contributed by atoms with Gasteiger partial charge in [-0.2, -0.15) is 10.2 Å². The highest BCUT2D eigenvalue weighted by molar-refractivity contribution is 9.10.